The van der Waals surface area contributed by atoms with E-state index in [4.69, 9.17) is 4.74 Å². The Balaban J connectivity index is 2.27. The van der Waals surface area contributed by atoms with Crippen LogP contribution in [0.4, 0.5) is 0 Å². The number of benzene rings is 2. The predicted molar refractivity (Wildman–Crippen MR) is 75.8 cm³/mol. The standard InChI is InChI=1S/C16H17NO3/c1-17-10-16(19)13-4-2-3-5-15(13)20-9-11-6-7-12(18)8-14(11)16/h2-8,17-19H,9-10H2,1H3. The summed E-state index contributed by atoms with van der Waals surface area (Å²) >= 11 is 0. The highest BCUT2D eigenvalue weighted by Gasteiger charge is 2.37. The number of aliphatic hydroxyl groups is 1. The average molecular weight is 271 g/mol. The molecule has 0 saturated carbocycles. The number of likely N-dealkylation sites (N-methyl/N-ethyl adjacent to an activating group) is 1. The average Bonchev–Trinajstić information content (AvgIpc) is 2.57. The normalized spacial score (nSPS) is 20.5. The molecule has 0 fully saturated rings. The van der Waals surface area contributed by atoms with E-state index in [1.807, 2.05) is 24.3 Å². The topological polar surface area (TPSA) is 61.7 Å². The lowest BCUT2D eigenvalue weighted by Gasteiger charge is -2.29. The molecule has 104 valence electrons. The Labute approximate surface area is 117 Å². The summed E-state index contributed by atoms with van der Waals surface area (Å²) in [6.07, 6.45) is 0. The predicted octanol–water partition coefficient (Wildman–Crippen LogP) is 1.74. The summed E-state index contributed by atoms with van der Waals surface area (Å²) in [6, 6.07) is 12.5. The molecule has 0 aliphatic carbocycles. The van der Waals surface area contributed by atoms with Crippen LogP contribution in [0.25, 0.3) is 0 Å². The van der Waals surface area contributed by atoms with E-state index >= 15 is 0 Å². The Bertz CT molecular complexity index is 641. The highest BCUT2D eigenvalue weighted by atomic mass is 16.5. The molecule has 0 aromatic heterocycles. The Morgan fingerprint density at radius 3 is 2.80 bits per heavy atom. The summed E-state index contributed by atoms with van der Waals surface area (Å²) in [4.78, 5) is 0. The Kier molecular flexibility index (Phi) is 3.12. The minimum absolute atomic E-state index is 0.137. The van der Waals surface area contributed by atoms with E-state index in [2.05, 4.69) is 5.32 Å². The van der Waals surface area contributed by atoms with Gasteiger partial charge < -0.3 is 20.3 Å². The molecule has 1 aliphatic heterocycles. The molecule has 1 atom stereocenters. The molecule has 1 aliphatic rings. The molecular formula is C16H17NO3. The maximum absolute atomic E-state index is 11.2. The van der Waals surface area contributed by atoms with Crippen molar-refractivity contribution in [2.45, 2.75) is 12.2 Å². The molecule has 2 aromatic rings. The Hall–Kier alpha value is -2.04. The Morgan fingerprint density at radius 2 is 2.00 bits per heavy atom. The van der Waals surface area contributed by atoms with Crippen molar-refractivity contribution >= 4 is 0 Å². The fourth-order valence-corrected chi connectivity index (χ4v) is 2.76. The van der Waals surface area contributed by atoms with Crippen molar-refractivity contribution in [1.29, 1.82) is 0 Å². The van der Waals surface area contributed by atoms with Gasteiger partial charge in [0.05, 0.1) is 0 Å². The lowest BCUT2D eigenvalue weighted by Crippen LogP contribution is -2.38. The van der Waals surface area contributed by atoms with Gasteiger partial charge in [0.2, 0.25) is 0 Å². The van der Waals surface area contributed by atoms with Crippen LogP contribution in [0.1, 0.15) is 16.7 Å². The van der Waals surface area contributed by atoms with E-state index in [0.717, 1.165) is 5.56 Å². The van der Waals surface area contributed by atoms with E-state index in [1.54, 1.807) is 25.2 Å². The highest BCUT2D eigenvalue weighted by molar-refractivity contribution is 5.51. The molecule has 0 bridgehead atoms. The van der Waals surface area contributed by atoms with Crippen LogP contribution in [0.3, 0.4) is 0 Å². The van der Waals surface area contributed by atoms with Gasteiger partial charge in [-0.3, -0.25) is 0 Å². The fraction of sp³-hybridized carbons (Fsp3) is 0.250. The van der Waals surface area contributed by atoms with Crippen molar-refractivity contribution in [3.8, 4) is 11.5 Å². The van der Waals surface area contributed by atoms with Crippen LogP contribution in [-0.4, -0.2) is 23.8 Å². The van der Waals surface area contributed by atoms with Crippen molar-refractivity contribution in [3.63, 3.8) is 0 Å². The van der Waals surface area contributed by atoms with Crippen LogP contribution in [-0.2, 0) is 12.2 Å². The van der Waals surface area contributed by atoms with Gasteiger partial charge >= 0.3 is 0 Å². The van der Waals surface area contributed by atoms with Crippen molar-refractivity contribution in [3.05, 3.63) is 59.2 Å². The van der Waals surface area contributed by atoms with Gasteiger partial charge in [-0.1, -0.05) is 24.3 Å². The number of fused-ring (bicyclic) bond motifs is 2. The van der Waals surface area contributed by atoms with Gasteiger partial charge in [-0.05, 0) is 36.4 Å². The number of hydrogen-bond donors (Lipinski definition) is 3. The van der Waals surface area contributed by atoms with Gasteiger partial charge in [0, 0.05) is 12.1 Å². The number of ether oxygens (including phenoxy) is 1. The van der Waals surface area contributed by atoms with Crippen molar-refractivity contribution in [2.75, 3.05) is 13.6 Å². The molecular weight excluding hydrogens is 254 g/mol. The first-order valence-corrected chi connectivity index (χ1v) is 6.57. The molecule has 0 radical (unpaired) electrons. The summed E-state index contributed by atoms with van der Waals surface area (Å²) < 4.78 is 5.79. The zero-order valence-electron chi connectivity index (χ0n) is 11.3. The molecule has 0 amide bonds. The second kappa shape index (κ2) is 4.81. The minimum atomic E-state index is -1.23. The van der Waals surface area contributed by atoms with Crippen LogP contribution in [0.15, 0.2) is 42.5 Å². The first-order valence-electron chi connectivity index (χ1n) is 6.57. The van der Waals surface area contributed by atoms with Crippen LogP contribution < -0.4 is 10.1 Å². The number of phenols is 1. The fourth-order valence-electron chi connectivity index (χ4n) is 2.76. The van der Waals surface area contributed by atoms with E-state index in [0.29, 0.717) is 30.0 Å². The number of aromatic hydroxyl groups is 1. The third-order valence-corrected chi connectivity index (χ3v) is 3.69. The third kappa shape index (κ3) is 1.94. The molecule has 20 heavy (non-hydrogen) atoms. The second-order valence-electron chi connectivity index (χ2n) is 5.02. The second-order valence-corrected chi connectivity index (χ2v) is 5.02. The summed E-state index contributed by atoms with van der Waals surface area (Å²) in [5.41, 5.74) is 1.03. The third-order valence-electron chi connectivity index (χ3n) is 3.69. The van der Waals surface area contributed by atoms with Gasteiger partial charge in [-0.15, -0.1) is 0 Å². The molecule has 3 N–H and O–H groups in total. The maximum atomic E-state index is 11.2. The first kappa shape index (κ1) is 13.0. The monoisotopic (exact) mass is 271 g/mol. The minimum Gasteiger partial charge on any atom is -0.508 e. The van der Waals surface area contributed by atoms with Crippen LogP contribution in [0.2, 0.25) is 0 Å². The van der Waals surface area contributed by atoms with Gasteiger partial charge in [0.1, 0.15) is 23.7 Å². The number of rotatable bonds is 2. The first-order chi connectivity index (χ1) is 9.65. The molecule has 0 saturated heterocycles. The molecule has 3 rings (SSSR count). The van der Waals surface area contributed by atoms with Crippen molar-refractivity contribution in [2.24, 2.45) is 0 Å². The number of nitrogens with one attached hydrogen (secondary N) is 1. The molecule has 4 heteroatoms. The van der Waals surface area contributed by atoms with E-state index in [9.17, 15) is 10.2 Å². The Morgan fingerprint density at radius 1 is 1.20 bits per heavy atom. The van der Waals surface area contributed by atoms with Gasteiger partial charge in [-0.25, -0.2) is 0 Å². The van der Waals surface area contributed by atoms with Gasteiger partial charge in [0.15, 0.2) is 0 Å². The molecule has 1 unspecified atom stereocenters. The van der Waals surface area contributed by atoms with Crippen LogP contribution in [0, 0.1) is 0 Å². The summed E-state index contributed by atoms with van der Waals surface area (Å²) in [5, 5.41) is 24.0. The highest BCUT2D eigenvalue weighted by Crippen LogP contribution is 2.41. The van der Waals surface area contributed by atoms with E-state index in [-0.39, 0.29) is 5.75 Å². The van der Waals surface area contributed by atoms with E-state index in [1.165, 1.54) is 0 Å². The summed E-state index contributed by atoms with van der Waals surface area (Å²) in [5.74, 6) is 0.804. The lowest BCUT2D eigenvalue weighted by molar-refractivity contribution is 0.0813. The van der Waals surface area contributed by atoms with Gasteiger partial charge in [-0.2, -0.15) is 0 Å². The molecule has 2 aromatic carbocycles. The van der Waals surface area contributed by atoms with Gasteiger partial charge in [0.25, 0.3) is 0 Å². The lowest BCUT2D eigenvalue weighted by atomic mass is 9.83. The number of para-hydroxylation sites is 1. The molecule has 1 heterocycles. The van der Waals surface area contributed by atoms with Crippen LogP contribution >= 0.6 is 0 Å². The largest absolute Gasteiger partial charge is 0.508 e. The summed E-state index contributed by atoms with van der Waals surface area (Å²) in [6.45, 7) is 0.711. The molecule has 0 spiro atoms. The SMILES string of the molecule is CNCC1(O)c2cc(O)ccc2COc2ccccc21. The molecule has 4 nitrogen and oxygen atoms in total. The zero-order valence-corrected chi connectivity index (χ0v) is 11.3. The summed E-state index contributed by atoms with van der Waals surface area (Å²) in [7, 11) is 1.79. The number of phenolic OH excluding ortho intramolecular Hbond substituents is 1. The van der Waals surface area contributed by atoms with Crippen molar-refractivity contribution in [1.82, 2.24) is 5.32 Å². The quantitative estimate of drug-likeness (QED) is 0.778. The maximum Gasteiger partial charge on any atom is 0.131 e. The van der Waals surface area contributed by atoms with Crippen molar-refractivity contribution < 1.29 is 14.9 Å². The van der Waals surface area contributed by atoms with Crippen LogP contribution in [0.5, 0.6) is 11.5 Å². The van der Waals surface area contributed by atoms with E-state index < -0.39 is 5.60 Å². The number of hydrogen-bond acceptors (Lipinski definition) is 4. The smallest absolute Gasteiger partial charge is 0.131 e. The zero-order chi connectivity index (χ0) is 14.2.